The van der Waals surface area contributed by atoms with Crippen molar-refractivity contribution < 1.29 is 77.9 Å². The van der Waals surface area contributed by atoms with E-state index in [-0.39, 0.29) is 34.9 Å². The smallest absolute Gasteiger partial charge is 0.480 e. The summed E-state index contributed by atoms with van der Waals surface area (Å²) in [6.45, 7) is 21.3. The summed E-state index contributed by atoms with van der Waals surface area (Å²) in [7, 11) is -3.73. The molecular weight excluding hydrogens is 1440 g/mol. The Balaban J connectivity index is 0.000000212. The first-order chi connectivity index (χ1) is 48.9. The Hall–Kier alpha value is -7.35. The maximum absolute atomic E-state index is 12.6. The van der Waals surface area contributed by atoms with E-state index in [1.807, 2.05) is 32.6 Å². The number of anilines is 4. The molecule has 6 aromatic rings. The summed E-state index contributed by atoms with van der Waals surface area (Å²) in [5, 5.41) is 11.2. The van der Waals surface area contributed by atoms with Crippen molar-refractivity contribution in [3.63, 3.8) is 0 Å². The molecule has 11 heterocycles. The van der Waals surface area contributed by atoms with E-state index in [9.17, 15) is 49.0 Å². The average Bonchev–Trinajstić information content (AvgIpc) is 0.959. The van der Waals surface area contributed by atoms with Crippen LogP contribution in [0.1, 0.15) is 59.6 Å². The Kier molecular flexibility index (Phi) is 27.3. The fourth-order valence-corrected chi connectivity index (χ4v) is 16.1. The molecule has 9 N–H and O–H groups in total. The SMILES string of the molecule is CC(C)(C(N)=O)N1CC[NH+](C[B-](F)(F)F)CC1.CO.COc1ncc(-c2nc(N3CCOCC3)nc3c(CN4CCN(C(C)(C)C(N)=O)CC4)csc23)cc1N(C(C)=O)S(C)(=O)=O.COc1ncc(-c2nc(N3CCOCC3)nc3c(CN4CCN(C(C)(C)C(N)=O)CC4)csc23)cc1NS(C)(=O)=O. The Bertz CT molecular complexity index is 4240. The second-order valence-corrected chi connectivity index (χ2v) is 32.6. The van der Waals surface area contributed by atoms with E-state index in [2.05, 4.69) is 54.8 Å². The number of hydrogen-bond donors (Lipinski definition) is 6. The Labute approximate surface area is 612 Å². The van der Waals surface area contributed by atoms with Crippen molar-refractivity contribution in [2.45, 2.75) is 78.2 Å². The number of aromatic nitrogens is 6. The summed E-state index contributed by atoms with van der Waals surface area (Å²) < 4.78 is 113. The van der Waals surface area contributed by atoms with Crippen LogP contribution >= 0.6 is 22.7 Å². The van der Waals surface area contributed by atoms with Crippen LogP contribution in [0.25, 0.3) is 42.9 Å². The highest BCUT2D eigenvalue weighted by Gasteiger charge is 2.40. The first kappa shape index (κ1) is 82.3. The predicted octanol–water partition coefficient (Wildman–Crippen LogP) is 1.09. The molecule has 0 unspecified atom stereocenters. The third kappa shape index (κ3) is 20.2. The maximum atomic E-state index is 12.6. The minimum atomic E-state index is -4.74. The maximum Gasteiger partial charge on any atom is 0.531 e. The topological polar surface area (TPSA) is 391 Å². The molecule has 32 nitrogen and oxygen atoms in total. The fraction of sp³-hybridized carbons (Fsp3) is 0.594. The number of halogens is 3. The van der Waals surface area contributed by atoms with Gasteiger partial charge in [0.05, 0.1) is 121 Å². The fourth-order valence-electron chi connectivity index (χ4n) is 12.6. The van der Waals surface area contributed by atoms with Crippen molar-refractivity contribution in [3.05, 3.63) is 46.4 Å². The largest absolute Gasteiger partial charge is 0.531 e. The molecule has 0 radical (unpaired) electrons. The molecule has 5 aliphatic heterocycles. The number of aliphatic hydroxyl groups is 1. The standard InChI is InChI=1S/C28H38N8O6S2.C26H36N8O5S2.C9H18BF3N3O.CH4O/c1-18(37)36(44(5,39)40)21-14-19(15-30-25(21)41-4)22-24-23(32-27(31-22)34-10-12-42-13-11-34)20(17-43-24)16-33-6-8-35(9-7-33)28(2,3)26(29)38;1-26(2,24(27)35)34-7-5-32(6-8-34)15-18-16-40-22-20(29-25(30-21(18)22)33-9-11-39-12-10-33)17-13-19(31-41(4,36)37)23(38-3)28-14-17;1-9(2,8(14)17)16-5-3-15(4-6-16)7-10(11,12)13;1-2/h14-15,17H,6-13,16H2,1-5H3,(H2,29,38);13-14,16,31H,5-12,15H2,1-4H3,(H2,27,35);3-7H2,1-2H3,(H2,14,17);2H,1H3/q;;-1;/p+1. The van der Waals surface area contributed by atoms with Crippen molar-refractivity contribution in [2.75, 3.05) is 190 Å². The monoisotopic (exact) mass is 1540 g/mol. The number of methoxy groups -OCH3 is 2. The van der Waals surface area contributed by atoms with E-state index in [0.29, 0.717) is 149 Å². The van der Waals surface area contributed by atoms with E-state index < -0.39 is 61.9 Å². The second kappa shape index (κ2) is 34.5. The van der Waals surface area contributed by atoms with Gasteiger partial charge in [0.15, 0.2) is 0 Å². The van der Waals surface area contributed by atoms with Crippen molar-refractivity contribution in [2.24, 2.45) is 17.2 Å². The van der Waals surface area contributed by atoms with Crippen LogP contribution in [0.3, 0.4) is 0 Å². The van der Waals surface area contributed by atoms with Crippen LogP contribution in [-0.2, 0) is 61.8 Å². The summed E-state index contributed by atoms with van der Waals surface area (Å²) in [6, 6.07) is 3.26. The van der Waals surface area contributed by atoms with Gasteiger partial charge in [-0.05, 0) is 64.4 Å². The lowest BCUT2D eigenvalue weighted by molar-refractivity contribution is -0.896. The predicted molar refractivity (Wildman–Crippen MR) is 395 cm³/mol. The van der Waals surface area contributed by atoms with Crippen LogP contribution < -0.4 is 50.4 Å². The highest BCUT2D eigenvalue weighted by atomic mass is 32.2. The Morgan fingerprint density at radius 1 is 0.615 bits per heavy atom. The molecule has 11 rings (SSSR count). The number of primary amides is 3. The van der Waals surface area contributed by atoms with Gasteiger partial charge >= 0.3 is 6.98 Å². The number of ether oxygens (including phenoxy) is 4. The number of aliphatic hydroxyl groups excluding tert-OH is 1. The number of quaternary nitrogens is 1. The highest BCUT2D eigenvalue weighted by Crippen LogP contribution is 2.41. The molecule has 0 bridgehead atoms. The number of fused-ring (bicyclic) bond motifs is 2. The summed E-state index contributed by atoms with van der Waals surface area (Å²) in [5.74, 6) is -0.497. The Morgan fingerprint density at radius 3 is 1.36 bits per heavy atom. The van der Waals surface area contributed by atoms with Crippen LogP contribution in [0.2, 0.25) is 0 Å². The van der Waals surface area contributed by atoms with Gasteiger partial charge in [-0.25, -0.2) is 51.0 Å². The van der Waals surface area contributed by atoms with Crippen molar-refractivity contribution in [1.29, 1.82) is 0 Å². The van der Waals surface area contributed by atoms with Gasteiger partial charge < -0.3 is 68.9 Å². The number of rotatable bonds is 22. The number of nitrogens with one attached hydrogen (secondary N) is 2. The van der Waals surface area contributed by atoms with Gasteiger partial charge in [-0.2, -0.15) is 0 Å². The lowest BCUT2D eigenvalue weighted by Gasteiger charge is -2.42. The van der Waals surface area contributed by atoms with Gasteiger partial charge in [0, 0.05) is 153 Å². The van der Waals surface area contributed by atoms with Crippen LogP contribution in [0.15, 0.2) is 35.3 Å². The van der Waals surface area contributed by atoms with E-state index in [0.717, 1.165) is 90.5 Å². The number of carbonyl (C=O) groups is 4. The molecule has 5 fully saturated rings. The number of hydrogen-bond acceptors (Lipinski definition) is 28. The zero-order valence-electron chi connectivity index (χ0n) is 60.9. The molecule has 40 heteroatoms. The molecule has 5 aliphatic rings. The summed E-state index contributed by atoms with van der Waals surface area (Å²) in [4.78, 5) is 91.7. The third-order valence-electron chi connectivity index (χ3n) is 19.0. The van der Waals surface area contributed by atoms with Gasteiger partial charge in [0.25, 0.3) is 0 Å². The van der Waals surface area contributed by atoms with E-state index in [1.165, 1.54) is 32.5 Å². The summed E-state index contributed by atoms with van der Waals surface area (Å²) >= 11 is 3.05. The number of nitrogens with zero attached hydrogens (tertiary/aromatic N) is 14. The minimum Gasteiger partial charge on any atom is -0.480 e. The molecule has 0 spiro atoms. The quantitative estimate of drug-likeness (QED) is 0.0518. The molecule has 0 saturated carbocycles. The van der Waals surface area contributed by atoms with Gasteiger partial charge in [-0.3, -0.25) is 48.4 Å². The lowest BCUT2D eigenvalue weighted by Crippen LogP contribution is -3.16. The number of amides is 4. The van der Waals surface area contributed by atoms with Gasteiger partial charge in [0.2, 0.25) is 67.3 Å². The zero-order chi connectivity index (χ0) is 76.4. The molecule has 6 aromatic heterocycles. The van der Waals surface area contributed by atoms with E-state index >= 15 is 0 Å². The number of morpholine rings is 2. The second-order valence-electron chi connectivity index (χ2n) is 27.2. The van der Waals surface area contributed by atoms with Gasteiger partial charge in [-0.15, -0.1) is 22.7 Å². The van der Waals surface area contributed by atoms with Crippen LogP contribution in [-0.4, -0.2) is 295 Å². The number of thiophene rings is 2. The number of pyridine rings is 2. The van der Waals surface area contributed by atoms with Crippen LogP contribution in [0.4, 0.5) is 36.2 Å². The number of nitrogens with two attached hydrogens (primary N) is 3. The molecule has 0 aliphatic carbocycles. The Morgan fingerprint density at radius 2 is 1.00 bits per heavy atom. The number of sulfonamides is 2. The lowest BCUT2D eigenvalue weighted by atomic mass is 9.90. The van der Waals surface area contributed by atoms with Gasteiger partial charge in [-0.1, -0.05) is 0 Å². The van der Waals surface area contributed by atoms with Crippen molar-refractivity contribution >= 4 is 117 Å². The summed E-state index contributed by atoms with van der Waals surface area (Å²) in [6.07, 6.45) is 4.49. The highest BCUT2D eigenvalue weighted by molar-refractivity contribution is 7.93. The molecular formula is C64H97BF3N19O13S4. The molecule has 4 amide bonds. The van der Waals surface area contributed by atoms with Gasteiger partial charge in [0.1, 0.15) is 11.4 Å². The van der Waals surface area contributed by atoms with E-state index in [1.54, 1.807) is 49.7 Å². The number of piperazine rings is 3. The number of carbonyl (C=O) groups excluding carboxylic acids is 4. The molecule has 5 saturated heterocycles. The normalized spacial score (nSPS) is 17.6. The van der Waals surface area contributed by atoms with Crippen LogP contribution in [0.5, 0.6) is 11.8 Å². The van der Waals surface area contributed by atoms with Crippen molar-refractivity contribution in [3.8, 4) is 34.3 Å². The first-order valence-corrected chi connectivity index (χ1v) is 39.3. The van der Waals surface area contributed by atoms with Crippen LogP contribution in [0, 0.1) is 0 Å². The van der Waals surface area contributed by atoms with Crippen molar-refractivity contribution in [1.82, 2.24) is 54.4 Å². The molecule has 0 aromatic carbocycles. The molecule has 574 valence electrons. The molecule has 0 atom stereocenters. The molecule has 104 heavy (non-hydrogen) atoms. The first-order valence-electron chi connectivity index (χ1n) is 33.8. The van der Waals surface area contributed by atoms with E-state index in [4.69, 9.17) is 61.2 Å². The minimum absolute atomic E-state index is 0.00129. The third-order valence-corrected chi connectivity index (χ3v) is 22.8. The average molecular weight is 1540 g/mol. The zero-order valence-corrected chi connectivity index (χ0v) is 64.2. The summed E-state index contributed by atoms with van der Waals surface area (Å²) in [5.41, 5.74) is 20.8.